The van der Waals surface area contributed by atoms with Crippen LogP contribution in [0.15, 0.2) is 72.3 Å². The standard InChI is InChI=1S/C29H28N2O5/c1-4-35-22-12-7-19(8-13-22)26-25(28(33)29(34)31(26)21-10-5-18(2)6-11-21)27(32)20-9-14-24-23(17-20)30(3)15-16-36-24/h5-14,17,26,32H,4,15-16H2,1-3H3/b27-25-. The molecule has 2 aliphatic rings. The van der Waals surface area contributed by atoms with Crippen LogP contribution in [0.1, 0.15) is 29.7 Å². The number of benzene rings is 3. The summed E-state index contributed by atoms with van der Waals surface area (Å²) >= 11 is 0. The van der Waals surface area contributed by atoms with Crippen molar-refractivity contribution in [2.75, 3.05) is 36.6 Å². The molecule has 7 nitrogen and oxygen atoms in total. The molecule has 1 saturated heterocycles. The van der Waals surface area contributed by atoms with Crippen LogP contribution in [0.25, 0.3) is 5.76 Å². The molecule has 1 atom stereocenters. The fourth-order valence-corrected chi connectivity index (χ4v) is 4.69. The van der Waals surface area contributed by atoms with Gasteiger partial charge in [0.15, 0.2) is 0 Å². The molecule has 1 amide bonds. The zero-order valence-corrected chi connectivity index (χ0v) is 20.5. The monoisotopic (exact) mass is 484 g/mol. The molecule has 0 bridgehead atoms. The van der Waals surface area contributed by atoms with Crippen LogP contribution in [0.4, 0.5) is 11.4 Å². The lowest BCUT2D eigenvalue weighted by atomic mass is 9.94. The molecule has 7 heteroatoms. The molecular weight excluding hydrogens is 456 g/mol. The zero-order valence-electron chi connectivity index (χ0n) is 20.5. The first-order valence-electron chi connectivity index (χ1n) is 12.0. The fraction of sp³-hybridized carbons (Fsp3) is 0.241. The number of hydrogen-bond donors (Lipinski definition) is 1. The number of nitrogens with zero attached hydrogens (tertiary/aromatic N) is 2. The number of carbonyl (C=O) groups is 2. The van der Waals surface area contributed by atoms with Gasteiger partial charge in [-0.05, 0) is 61.9 Å². The molecule has 36 heavy (non-hydrogen) atoms. The Morgan fingerprint density at radius 1 is 1.06 bits per heavy atom. The van der Waals surface area contributed by atoms with E-state index in [-0.39, 0.29) is 11.3 Å². The average Bonchev–Trinajstić information content (AvgIpc) is 3.15. The maximum atomic E-state index is 13.4. The van der Waals surface area contributed by atoms with Gasteiger partial charge in [-0.25, -0.2) is 0 Å². The van der Waals surface area contributed by atoms with E-state index in [4.69, 9.17) is 9.47 Å². The normalized spacial score (nSPS) is 18.7. The molecule has 0 radical (unpaired) electrons. The molecule has 0 aliphatic carbocycles. The fourth-order valence-electron chi connectivity index (χ4n) is 4.69. The number of aryl methyl sites for hydroxylation is 1. The molecule has 0 spiro atoms. The Morgan fingerprint density at radius 3 is 2.47 bits per heavy atom. The van der Waals surface area contributed by atoms with Crippen LogP contribution in [0.2, 0.25) is 0 Å². The first kappa shape index (κ1) is 23.5. The van der Waals surface area contributed by atoms with Crippen molar-refractivity contribution in [1.82, 2.24) is 0 Å². The van der Waals surface area contributed by atoms with Crippen LogP contribution in [0.5, 0.6) is 11.5 Å². The zero-order chi connectivity index (χ0) is 25.4. The van der Waals surface area contributed by atoms with Gasteiger partial charge in [-0.15, -0.1) is 0 Å². The lowest BCUT2D eigenvalue weighted by Crippen LogP contribution is -2.29. The highest BCUT2D eigenvalue weighted by Crippen LogP contribution is 2.43. The summed E-state index contributed by atoms with van der Waals surface area (Å²) in [6.45, 7) is 5.67. The minimum absolute atomic E-state index is 0.0454. The first-order valence-corrected chi connectivity index (χ1v) is 12.0. The van der Waals surface area contributed by atoms with E-state index in [2.05, 4.69) is 0 Å². The molecule has 1 unspecified atom stereocenters. The first-order chi connectivity index (χ1) is 17.4. The Morgan fingerprint density at radius 2 is 1.78 bits per heavy atom. The van der Waals surface area contributed by atoms with E-state index in [1.165, 1.54) is 4.90 Å². The third-order valence-electron chi connectivity index (χ3n) is 6.59. The third kappa shape index (κ3) is 4.06. The van der Waals surface area contributed by atoms with E-state index < -0.39 is 17.7 Å². The molecule has 2 heterocycles. The number of hydrogen-bond acceptors (Lipinski definition) is 6. The predicted octanol–water partition coefficient (Wildman–Crippen LogP) is 4.85. The van der Waals surface area contributed by atoms with Crippen molar-refractivity contribution < 1.29 is 24.2 Å². The summed E-state index contributed by atoms with van der Waals surface area (Å²) in [6, 6.07) is 19.1. The largest absolute Gasteiger partial charge is 0.507 e. The highest BCUT2D eigenvalue weighted by molar-refractivity contribution is 6.51. The Balaban J connectivity index is 1.67. The molecule has 3 aromatic carbocycles. The van der Waals surface area contributed by atoms with Crippen LogP contribution in [0, 0.1) is 6.92 Å². The van der Waals surface area contributed by atoms with Gasteiger partial charge in [0.25, 0.3) is 11.7 Å². The molecule has 1 N–H and O–H groups in total. The van der Waals surface area contributed by atoms with Gasteiger partial charge >= 0.3 is 0 Å². The number of aliphatic hydroxyl groups excluding tert-OH is 1. The third-order valence-corrected chi connectivity index (χ3v) is 6.59. The van der Waals surface area contributed by atoms with Gasteiger partial charge in [0.2, 0.25) is 0 Å². The number of ether oxygens (including phenoxy) is 2. The number of rotatable bonds is 5. The lowest BCUT2D eigenvalue weighted by Gasteiger charge is -2.28. The highest BCUT2D eigenvalue weighted by Gasteiger charge is 2.47. The molecule has 2 aliphatic heterocycles. The Hall–Kier alpha value is -4.26. The Kier molecular flexibility index (Phi) is 6.14. The maximum Gasteiger partial charge on any atom is 0.300 e. The second-order valence-corrected chi connectivity index (χ2v) is 8.96. The van der Waals surface area contributed by atoms with Crippen LogP contribution in [-0.4, -0.2) is 43.6 Å². The predicted molar refractivity (Wildman–Crippen MR) is 139 cm³/mol. The van der Waals surface area contributed by atoms with Gasteiger partial charge in [-0.3, -0.25) is 14.5 Å². The van der Waals surface area contributed by atoms with Gasteiger partial charge in [0.1, 0.15) is 23.9 Å². The van der Waals surface area contributed by atoms with E-state index >= 15 is 0 Å². The van der Waals surface area contributed by atoms with Gasteiger partial charge in [0, 0.05) is 18.3 Å². The van der Waals surface area contributed by atoms with E-state index in [9.17, 15) is 14.7 Å². The topological polar surface area (TPSA) is 79.3 Å². The molecule has 1 fully saturated rings. The van der Waals surface area contributed by atoms with Crippen LogP contribution in [-0.2, 0) is 9.59 Å². The summed E-state index contributed by atoms with van der Waals surface area (Å²) in [7, 11) is 1.95. The van der Waals surface area contributed by atoms with Crippen molar-refractivity contribution in [3.63, 3.8) is 0 Å². The smallest absolute Gasteiger partial charge is 0.300 e. The summed E-state index contributed by atoms with van der Waals surface area (Å²) in [4.78, 5) is 30.2. The molecule has 5 rings (SSSR count). The number of anilines is 2. The van der Waals surface area contributed by atoms with E-state index in [1.54, 1.807) is 30.3 Å². The SMILES string of the molecule is CCOc1ccc(C2/C(=C(/O)c3ccc4c(c3)N(C)CCO4)C(=O)C(=O)N2c2ccc(C)cc2)cc1. The van der Waals surface area contributed by atoms with E-state index in [1.807, 2.05) is 62.2 Å². The van der Waals surface area contributed by atoms with Crippen molar-refractivity contribution in [2.45, 2.75) is 19.9 Å². The number of Topliss-reactive ketones (excluding diaryl/α,β-unsaturated/α-hetero) is 1. The summed E-state index contributed by atoms with van der Waals surface area (Å²) in [5.41, 5.74) is 3.62. The molecule has 0 saturated carbocycles. The molecule has 184 valence electrons. The second kappa shape index (κ2) is 9.41. The van der Waals surface area contributed by atoms with Crippen LogP contribution < -0.4 is 19.3 Å². The number of aliphatic hydroxyl groups is 1. The molecular formula is C29H28N2O5. The van der Waals surface area contributed by atoms with Crippen molar-refractivity contribution >= 4 is 28.8 Å². The molecule has 3 aromatic rings. The van der Waals surface area contributed by atoms with Crippen molar-refractivity contribution in [1.29, 1.82) is 0 Å². The summed E-state index contributed by atoms with van der Waals surface area (Å²) < 4.78 is 11.3. The molecule has 0 aromatic heterocycles. The van der Waals surface area contributed by atoms with Gasteiger partial charge < -0.3 is 19.5 Å². The number of carbonyl (C=O) groups excluding carboxylic acids is 2. The summed E-state index contributed by atoms with van der Waals surface area (Å²) in [5.74, 6) is -0.231. The van der Waals surface area contributed by atoms with Crippen molar-refractivity contribution in [3.8, 4) is 11.5 Å². The highest BCUT2D eigenvalue weighted by atomic mass is 16.5. The number of fused-ring (bicyclic) bond motifs is 1. The minimum atomic E-state index is -0.798. The summed E-state index contributed by atoms with van der Waals surface area (Å²) in [6.07, 6.45) is 0. The quantitative estimate of drug-likeness (QED) is 0.317. The average molecular weight is 485 g/mol. The minimum Gasteiger partial charge on any atom is -0.507 e. The van der Waals surface area contributed by atoms with E-state index in [0.29, 0.717) is 48.1 Å². The maximum absolute atomic E-state index is 13.4. The second-order valence-electron chi connectivity index (χ2n) is 8.96. The Bertz CT molecular complexity index is 1350. The van der Waals surface area contributed by atoms with Crippen molar-refractivity contribution in [3.05, 3.63) is 89.0 Å². The van der Waals surface area contributed by atoms with Gasteiger partial charge in [0.05, 0.1) is 30.5 Å². The van der Waals surface area contributed by atoms with Crippen LogP contribution in [0.3, 0.4) is 0 Å². The summed E-state index contributed by atoms with van der Waals surface area (Å²) in [5, 5.41) is 11.5. The lowest BCUT2D eigenvalue weighted by molar-refractivity contribution is -0.132. The van der Waals surface area contributed by atoms with E-state index in [0.717, 1.165) is 11.3 Å². The van der Waals surface area contributed by atoms with Gasteiger partial charge in [-0.1, -0.05) is 29.8 Å². The van der Waals surface area contributed by atoms with Gasteiger partial charge in [-0.2, -0.15) is 0 Å². The number of ketones is 1. The van der Waals surface area contributed by atoms with Crippen LogP contribution >= 0.6 is 0 Å². The number of likely N-dealkylation sites (N-methyl/N-ethyl adjacent to an activating group) is 1. The Labute approximate surface area is 210 Å². The number of amides is 1. The van der Waals surface area contributed by atoms with Crippen molar-refractivity contribution in [2.24, 2.45) is 0 Å².